The minimum atomic E-state index is 0.161. The SMILES string of the molecule is CCCN(CC)C(=O)c1ccc2c(c1)C1(CCO2)CCN(CC2CC2)CC1. The molecule has 4 rings (SSSR count). The molecular formula is C23H34N2O2. The van der Waals surface area contributed by atoms with Crippen molar-refractivity contribution in [3.8, 4) is 5.75 Å². The number of hydrogen-bond acceptors (Lipinski definition) is 3. The van der Waals surface area contributed by atoms with E-state index in [1.165, 1.54) is 50.9 Å². The number of carbonyl (C=O) groups excluding carboxylic acids is 1. The number of piperidine rings is 1. The van der Waals surface area contributed by atoms with Gasteiger partial charge in [-0.3, -0.25) is 4.79 Å². The fourth-order valence-electron chi connectivity index (χ4n) is 4.90. The molecule has 3 aliphatic rings. The monoisotopic (exact) mass is 370 g/mol. The van der Waals surface area contributed by atoms with Crippen molar-refractivity contribution in [1.82, 2.24) is 9.80 Å². The van der Waals surface area contributed by atoms with E-state index in [1.54, 1.807) is 0 Å². The van der Waals surface area contributed by atoms with Crippen LogP contribution in [0, 0.1) is 5.92 Å². The van der Waals surface area contributed by atoms with E-state index in [1.807, 2.05) is 17.0 Å². The van der Waals surface area contributed by atoms with Gasteiger partial charge in [-0.25, -0.2) is 0 Å². The van der Waals surface area contributed by atoms with E-state index < -0.39 is 0 Å². The fourth-order valence-corrected chi connectivity index (χ4v) is 4.90. The van der Waals surface area contributed by atoms with Crippen LogP contribution in [0.25, 0.3) is 0 Å². The van der Waals surface area contributed by atoms with Crippen LogP contribution in [-0.2, 0) is 5.41 Å². The lowest BCUT2D eigenvalue weighted by Gasteiger charge is -2.45. The molecule has 2 aliphatic heterocycles. The smallest absolute Gasteiger partial charge is 0.253 e. The molecule has 2 heterocycles. The van der Waals surface area contributed by atoms with Gasteiger partial charge < -0.3 is 14.5 Å². The number of carbonyl (C=O) groups is 1. The number of benzene rings is 1. The van der Waals surface area contributed by atoms with Crippen LogP contribution in [-0.4, -0.2) is 55.0 Å². The van der Waals surface area contributed by atoms with E-state index in [9.17, 15) is 4.79 Å². The van der Waals surface area contributed by atoms with E-state index in [4.69, 9.17) is 4.74 Å². The highest BCUT2D eigenvalue weighted by Gasteiger charge is 2.41. The molecule has 27 heavy (non-hydrogen) atoms. The quantitative estimate of drug-likeness (QED) is 0.756. The summed E-state index contributed by atoms with van der Waals surface area (Å²) in [5.74, 6) is 2.13. The van der Waals surface area contributed by atoms with Gasteiger partial charge in [0.2, 0.25) is 0 Å². The average molecular weight is 371 g/mol. The van der Waals surface area contributed by atoms with E-state index >= 15 is 0 Å². The van der Waals surface area contributed by atoms with Crippen LogP contribution in [0.3, 0.4) is 0 Å². The first-order valence-corrected chi connectivity index (χ1v) is 10.9. The first-order chi connectivity index (χ1) is 13.1. The lowest BCUT2D eigenvalue weighted by Crippen LogP contribution is -2.45. The van der Waals surface area contributed by atoms with Crippen LogP contribution in [0.15, 0.2) is 18.2 Å². The second kappa shape index (κ2) is 7.83. The minimum absolute atomic E-state index is 0.161. The zero-order chi connectivity index (χ0) is 18.9. The number of rotatable bonds is 6. The minimum Gasteiger partial charge on any atom is -0.493 e. The van der Waals surface area contributed by atoms with Crippen molar-refractivity contribution in [2.75, 3.05) is 39.3 Å². The zero-order valence-corrected chi connectivity index (χ0v) is 17.0. The number of nitrogens with zero attached hydrogens (tertiary/aromatic N) is 2. The van der Waals surface area contributed by atoms with Crippen molar-refractivity contribution in [1.29, 1.82) is 0 Å². The Hall–Kier alpha value is -1.55. The molecule has 0 aromatic heterocycles. The van der Waals surface area contributed by atoms with Crippen molar-refractivity contribution < 1.29 is 9.53 Å². The second-order valence-electron chi connectivity index (χ2n) is 8.72. The van der Waals surface area contributed by atoms with Crippen molar-refractivity contribution in [2.24, 2.45) is 5.92 Å². The number of likely N-dealkylation sites (tertiary alicyclic amines) is 1. The third kappa shape index (κ3) is 3.87. The molecule has 2 fully saturated rings. The molecule has 4 heteroatoms. The third-order valence-corrected chi connectivity index (χ3v) is 6.82. The Morgan fingerprint density at radius 2 is 2.00 bits per heavy atom. The number of amides is 1. The predicted molar refractivity (Wildman–Crippen MR) is 108 cm³/mol. The number of fused-ring (bicyclic) bond motifs is 2. The molecule has 1 saturated carbocycles. The summed E-state index contributed by atoms with van der Waals surface area (Å²) < 4.78 is 5.98. The zero-order valence-electron chi connectivity index (χ0n) is 17.0. The summed E-state index contributed by atoms with van der Waals surface area (Å²) in [6, 6.07) is 6.16. The standard InChI is InChI=1S/C23H34N2O2/c1-3-12-25(4-2)22(26)19-7-8-21-20(16-19)23(11-15-27-21)9-13-24(14-10-23)17-18-5-6-18/h7-8,16,18H,3-6,9-15,17H2,1-2H3. The van der Waals surface area contributed by atoms with Gasteiger partial charge in [-0.15, -0.1) is 0 Å². The summed E-state index contributed by atoms with van der Waals surface area (Å²) >= 11 is 0. The molecule has 0 N–H and O–H groups in total. The molecule has 1 saturated heterocycles. The lowest BCUT2D eigenvalue weighted by atomic mass is 9.69. The maximum absolute atomic E-state index is 13.0. The molecule has 0 bridgehead atoms. The predicted octanol–water partition coefficient (Wildman–Crippen LogP) is 4.08. The molecule has 1 aromatic rings. The van der Waals surface area contributed by atoms with Gasteiger partial charge in [0.1, 0.15) is 5.75 Å². The van der Waals surface area contributed by atoms with Gasteiger partial charge in [0.25, 0.3) is 5.91 Å². The topological polar surface area (TPSA) is 32.8 Å². The molecule has 4 nitrogen and oxygen atoms in total. The van der Waals surface area contributed by atoms with E-state index in [-0.39, 0.29) is 11.3 Å². The second-order valence-corrected chi connectivity index (χ2v) is 8.72. The summed E-state index contributed by atoms with van der Waals surface area (Å²) in [6.07, 6.45) is 7.32. The molecule has 0 atom stereocenters. The fraction of sp³-hybridized carbons (Fsp3) is 0.696. The van der Waals surface area contributed by atoms with Crippen LogP contribution >= 0.6 is 0 Å². The molecule has 1 amide bonds. The first-order valence-electron chi connectivity index (χ1n) is 10.9. The Morgan fingerprint density at radius 1 is 1.22 bits per heavy atom. The van der Waals surface area contributed by atoms with E-state index in [0.29, 0.717) is 0 Å². The highest BCUT2D eigenvalue weighted by Crippen LogP contribution is 2.46. The van der Waals surface area contributed by atoms with Gasteiger partial charge in [0.05, 0.1) is 6.61 Å². The summed E-state index contributed by atoms with van der Waals surface area (Å²) in [5, 5.41) is 0. The molecule has 1 spiro atoms. The van der Waals surface area contributed by atoms with E-state index in [0.717, 1.165) is 49.8 Å². The molecular weight excluding hydrogens is 336 g/mol. The Labute approximate surface area is 163 Å². The Balaban J connectivity index is 1.55. The Bertz CT molecular complexity index is 675. The average Bonchev–Trinajstić information content (AvgIpc) is 3.52. The van der Waals surface area contributed by atoms with E-state index in [2.05, 4.69) is 24.8 Å². The molecule has 0 unspecified atom stereocenters. The van der Waals surface area contributed by atoms with Crippen molar-refractivity contribution in [2.45, 2.75) is 57.8 Å². The summed E-state index contributed by atoms with van der Waals surface area (Å²) in [6.45, 7) is 10.2. The van der Waals surface area contributed by atoms with Gasteiger partial charge in [-0.05, 0) is 82.7 Å². The van der Waals surface area contributed by atoms with Gasteiger partial charge in [0, 0.05) is 36.2 Å². The van der Waals surface area contributed by atoms with Crippen molar-refractivity contribution in [3.63, 3.8) is 0 Å². The van der Waals surface area contributed by atoms with Gasteiger partial charge in [-0.2, -0.15) is 0 Å². The largest absolute Gasteiger partial charge is 0.493 e. The number of hydrogen-bond donors (Lipinski definition) is 0. The van der Waals surface area contributed by atoms with Gasteiger partial charge in [-0.1, -0.05) is 6.92 Å². The van der Waals surface area contributed by atoms with Crippen molar-refractivity contribution >= 4 is 5.91 Å². The van der Waals surface area contributed by atoms with Crippen LogP contribution in [0.1, 0.15) is 68.3 Å². The molecule has 1 aliphatic carbocycles. The first kappa shape index (κ1) is 18.8. The lowest BCUT2D eigenvalue weighted by molar-refractivity contribution is 0.0763. The highest BCUT2D eigenvalue weighted by atomic mass is 16.5. The highest BCUT2D eigenvalue weighted by molar-refractivity contribution is 5.94. The summed E-state index contributed by atoms with van der Waals surface area (Å²) in [7, 11) is 0. The van der Waals surface area contributed by atoms with Crippen LogP contribution < -0.4 is 4.74 Å². The van der Waals surface area contributed by atoms with Crippen LogP contribution in [0.5, 0.6) is 5.75 Å². The molecule has 0 radical (unpaired) electrons. The summed E-state index contributed by atoms with van der Waals surface area (Å²) in [4.78, 5) is 17.6. The van der Waals surface area contributed by atoms with Gasteiger partial charge >= 0.3 is 0 Å². The third-order valence-electron chi connectivity index (χ3n) is 6.82. The normalized spacial score (nSPS) is 21.6. The van der Waals surface area contributed by atoms with Gasteiger partial charge in [0.15, 0.2) is 0 Å². The maximum Gasteiger partial charge on any atom is 0.253 e. The molecule has 1 aromatic carbocycles. The van der Waals surface area contributed by atoms with Crippen LogP contribution in [0.2, 0.25) is 0 Å². The van der Waals surface area contributed by atoms with Crippen molar-refractivity contribution in [3.05, 3.63) is 29.3 Å². The Morgan fingerprint density at radius 3 is 2.67 bits per heavy atom. The summed E-state index contributed by atoms with van der Waals surface area (Å²) in [5.41, 5.74) is 2.32. The number of ether oxygens (including phenoxy) is 1. The maximum atomic E-state index is 13.0. The molecule has 148 valence electrons. The van der Waals surface area contributed by atoms with Crippen LogP contribution in [0.4, 0.5) is 0 Å². The Kier molecular flexibility index (Phi) is 5.45.